The Morgan fingerprint density at radius 3 is 2.21 bits per heavy atom. The molecule has 0 spiro atoms. The average molecular weight is 367 g/mol. The molecule has 2 rings (SSSR count). The predicted octanol–water partition coefficient (Wildman–Crippen LogP) is 2.11. The minimum absolute atomic E-state index is 0.0735. The molecule has 1 aliphatic heterocycles. The van der Waals surface area contributed by atoms with E-state index in [-0.39, 0.29) is 36.6 Å². The van der Waals surface area contributed by atoms with Crippen molar-refractivity contribution < 1.29 is 36.2 Å². The Morgan fingerprint density at radius 1 is 1.21 bits per heavy atom. The summed E-state index contributed by atoms with van der Waals surface area (Å²) in [5.74, 6) is -1.59. The molecule has 134 valence electrons. The second-order valence-corrected chi connectivity index (χ2v) is 7.33. The third-order valence-corrected chi connectivity index (χ3v) is 5.58. The van der Waals surface area contributed by atoms with Gasteiger partial charge in [-0.05, 0) is 37.1 Å². The van der Waals surface area contributed by atoms with E-state index in [4.69, 9.17) is 5.11 Å². The van der Waals surface area contributed by atoms with Crippen molar-refractivity contribution in [3.05, 3.63) is 24.3 Å². The Morgan fingerprint density at radius 2 is 1.75 bits per heavy atom. The molecule has 0 radical (unpaired) electrons. The van der Waals surface area contributed by atoms with E-state index < -0.39 is 34.7 Å². The second-order valence-electron chi connectivity index (χ2n) is 5.39. The highest BCUT2D eigenvalue weighted by Crippen LogP contribution is 2.26. The molecular weight excluding hydrogens is 351 g/mol. The van der Waals surface area contributed by atoms with E-state index in [0.717, 1.165) is 12.1 Å². The molecule has 0 saturated carbocycles. The molecule has 0 unspecified atom stereocenters. The number of benzene rings is 1. The number of carboxylic acids is 1. The molecule has 0 amide bonds. The molecule has 0 aromatic heterocycles. The van der Waals surface area contributed by atoms with E-state index in [1.807, 2.05) is 0 Å². The van der Waals surface area contributed by atoms with Crippen LogP contribution in [0.1, 0.15) is 12.8 Å². The van der Waals surface area contributed by atoms with E-state index in [9.17, 15) is 26.4 Å². The maximum atomic E-state index is 12.4. The average Bonchev–Trinajstić information content (AvgIpc) is 2.52. The highest BCUT2D eigenvalue weighted by molar-refractivity contribution is 7.89. The third kappa shape index (κ3) is 4.60. The van der Waals surface area contributed by atoms with Crippen LogP contribution in [-0.4, -0.2) is 49.7 Å². The Bertz CT molecular complexity index is 679. The van der Waals surface area contributed by atoms with E-state index in [0.29, 0.717) is 0 Å². The number of rotatable bonds is 5. The first-order chi connectivity index (χ1) is 11.1. The van der Waals surface area contributed by atoms with Crippen molar-refractivity contribution in [2.24, 2.45) is 5.92 Å². The van der Waals surface area contributed by atoms with Gasteiger partial charge in [-0.3, -0.25) is 4.79 Å². The van der Waals surface area contributed by atoms with E-state index in [2.05, 4.69) is 4.74 Å². The Balaban J connectivity index is 2.03. The number of carboxylic acid groups (broad SMARTS) is 1. The molecule has 10 heteroatoms. The molecule has 1 aromatic carbocycles. The van der Waals surface area contributed by atoms with Gasteiger partial charge in [-0.2, -0.15) is 17.5 Å². The first kappa shape index (κ1) is 18.5. The van der Waals surface area contributed by atoms with E-state index >= 15 is 0 Å². The van der Waals surface area contributed by atoms with Crippen LogP contribution in [0.5, 0.6) is 5.75 Å². The SMILES string of the molecule is O=C(O)C1CCN(S(=O)(=O)c2ccc(OCC(F)(F)F)cc2)CC1. The molecule has 1 aromatic rings. The molecule has 0 aliphatic carbocycles. The first-order valence-corrected chi connectivity index (χ1v) is 8.56. The molecule has 1 fully saturated rings. The zero-order chi connectivity index (χ0) is 18.0. The molecular formula is C14H16F3NO5S. The third-order valence-electron chi connectivity index (χ3n) is 3.67. The van der Waals surface area contributed by atoms with Gasteiger partial charge in [-0.25, -0.2) is 8.42 Å². The molecule has 6 nitrogen and oxygen atoms in total. The quantitative estimate of drug-likeness (QED) is 0.862. The van der Waals surface area contributed by atoms with Gasteiger partial charge in [-0.1, -0.05) is 0 Å². The van der Waals surface area contributed by atoms with Gasteiger partial charge in [0.25, 0.3) is 0 Å². The molecule has 0 atom stereocenters. The van der Waals surface area contributed by atoms with Crippen LogP contribution in [0.4, 0.5) is 13.2 Å². The van der Waals surface area contributed by atoms with Crippen LogP contribution in [-0.2, 0) is 14.8 Å². The predicted molar refractivity (Wildman–Crippen MR) is 77.1 cm³/mol. The van der Waals surface area contributed by atoms with Crippen molar-refractivity contribution in [3.63, 3.8) is 0 Å². The second kappa shape index (κ2) is 6.98. The van der Waals surface area contributed by atoms with Gasteiger partial charge in [-0.15, -0.1) is 0 Å². The topological polar surface area (TPSA) is 83.9 Å². The van der Waals surface area contributed by atoms with Crippen LogP contribution >= 0.6 is 0 Å². The van der Waals surface area contributed by atoms with Gasteiger partial charge < -0.3 is 9.84 Å². The molecule has 1 saturated heterocycles. The first-order valence-electron chi connectivity index (χ1n) is 7.12. The number of aliphatic carboxylic acids is 1. The summed E-state index contributed by atoms with van der Waals surface area (Å²) in [7, 11) is -3.81. The smallest absolute Gasteiger partial charge is 0.422 e. The van der Waals surface area contributed by atoms with E-state index in [1.165, 1.54) is 16.4 Å². The fraction of sp³-hybridized carbons (Fsp3) is 0.500. The number of sulfonamides is 1. The van der Waals surface area contributed by atoms with Crippen molar-refractivity contribution in [2.45, 2.75) is 23.9 Å². The molecule has 1 aliphatic rings. The van der Waals surface area contributed by atoms with Crippen molar-refractivity contribution in [3.8, 4) is 5.75 Å². The zero-order valence-corrected chi connectivity index (χ0v) is 13.3. The highest BCUT2D eigenvalue weighted by Gasteiger charge is 2.32. The summed E-state index contributed by atoms with van der Waals surface area (Å²) < 4.78 is 66.8. The Kier molecular flexibility index (Phi) is 5.38. The minimum Gasteiger partial charge on any atom is -0.484 e. The highest BCUT2D eigenvalue weighted by atomic mass is 32.2. The standard InChI is InChI=1S/C14H16F3NO5S/c15-14(16,17)9-23-11-1-3-12(4-2-11)24(21,22)18-7-5-10(6-8-18)13(19)20/h1-4,10H,5-9H2,(H,19,20). The zero-order valence-electron chi connectivity index (χ0n) is 12.5. The van der Waals surface area contributed by atoms with Crippen LogP contribution in [0.25, 0.3) is 0 Å². The molecule has 1 heterocycles. The van der Waals surface area contributed by atoms with Crippen LogP contribution in [0.15, 0.2) is 29.2 Å². The number of nitrogens with zero attached hydrogens (tertiary/aromatic N) is 1. The van der Waals surface area contributed by atoms with Gasteiger partial charge in [0, 0.05) is 13.1 Å². The number of halogens is 3. The van der Waals surface area contributed by atoms with Crippen LogP contribution in [0, 0.1) is 5.92 Å². The van der Waals surface area contributed by atoms with Gasteiger partial charge in [0.1, 0.15) is 5.75 Å². The monoisotopic (exact) mass is 367 g/mol. The van der Waals surface area contributed by atoms with Crippen LogP contribution < -0.4 is 4.74 Å². The fourth-order valence-electron chi connectivity index (χ4n) is 2.37. The van der Waals surface area contributed by atoms with Crippen molar-refractivity contribution >= 4 is 16.0 Å². The van der Waals surface area contributed by atoms with E-state index in [1.54, 1.807) is 0 Å². The van der Waals surface area contributed by atoms with Crippen molar-refractivity contribution in [1.29, 1.82) is 0 Å². The number of piperidine rings is 1. The normalized spacial score (nSPS) is 17.6. The summed E-state index contributed by atoms with van der Waals surface area (Å²) in [5, 5.41) is 8.92. The summed E-state index contributed by atoms with van der Waals surface area (Å²) in [5.41, 5.74) is 0. The Hall–Kier alpha value is -1.81. The Labute approximate surface area is 136 Å². The summed E-state index contributed by atoms with van der Waals surface area (Å²) >= 11 is 0. The lowest BCUT2D eigenvalue weighted by Gasteiger charge is -2.29. The number of alkyl halides is 3. The van der Waals surface area contributed by atoms with Crippen LogP contribution in [0.2, 0.25) is 0 Å². The van der Waals surface area contributed by atoms with Gasteiger partial charge in [0.05, 0.1) is 10.8 Å². The van der Waals surface area contributed by atoms with Crippen molar-refractivity contribution in [1.82, 2.24) is 4.31 Å². The molecule has 0 bridgehead atoms. The number of hydrogen-bond acceptors (Lipinski definition) is 4. The van der Waals surface area contributed by atoms with Crippen molar-refractivity contribution in [2.75, 3.05) is 19.7 Å². The van der Waals surface area contributed by atoms with Gasteiger partial charge >= 0.3 is 12.1 Å². The van der Waals surface area contributed by atoms with Crippen LogP contribution in [0.3, 0.4) is 0 Å². The summed E-state index contributed by atoms with van der Waals surface area (Å²) in [6.07, 6.45) is -4.03. The lowest BCUT2D eigenvalue weighted by atomic mass is 9.99. The largest absolute Gasteiger partial charge is 0.484 e. The number of carbonyl (C=O) groups is 1. The number of ether oxygens (including phenoxy) is 1. The van der Waals surface area contributed by atoms with Gasteiger partial charge in [0.15, 0.2) is 6.61 Å². The maximum Gasteiger partial charge on any atom is 0.422 e. The lowest BCUT2D eigenvalue weighted by molar-refractivity contribution is -0.153. The summed E-state index contributed by atoms with van der Waals surface area (Å²) in [6.45, 7) is -1.28. The number of hydrogen-bond donors (Lipinski definition) is 1. The summed E-state index contributed by atoms with van der Waals surface area (Å²) in [6, 6.07) is 4.65. The molecule has 1 N–H and O–H groups in total. The summed E-state index contributed by atoms with van der Waals surface area (Å²) in [4.78, 5) is 10.8. The van der Waals surface area contributed by atoms with Gasteiger partial charge in [0.2, 0.25) is 10.0 Å². The molecule has 24 heavy (non-hydrogen) atoms. The maximum absolute atomic E-state index is 12.4. The lowest BCUT2D eigenvalue weighted by Crippen LogP contribution is -2.40. The fourth-order valence-corrected chi connectivity index (χ4v) is 3.83. The minimum atomic E-state index is -4.47.